The zero-order chi connectivity index (χ0) is 13.9. The zero-order valence-corrected chi connectivity index (χ0v) is 10.3. The lowest BCUT2D eigenvalue weighted by molar-refractivity contribution is -0.119. The molecule has 0 saturated carbocycles. The Morgan fingerprint density at radius 1 is 1.28 bits per heavy atom. The smallest absolute Gasteiger partial charge is 0.345 e. The molecule has 1 heterocycles. The van der Waals surface area contributed by atoms with Crippen molar-refractivity contribution in [2.24, 2.45) is 0 Å². The van der Waals surface area contributed by atoms with Gasteiger partial charge in [0.05, 0.1) is 5.69 Å². The van der Waals surface area contributed by atoms with Crippen LogP contribution in [0.15, 0.2) is 0 Å². The monoisotopic (exact) mass is 258 g/mol. The SMILES string of the molecule is CCN(CC(F)(F)F)c1nnc(C)c(C)c1C#N. The van der Waals surface area contributed by atoms with Crippen molar-refractivity contribution in [1.29, 1.82) is 5.26 Å². The minimum absolute atomic E-state index is 0.0135. The van der Waals surface area contributed by atoms with Crippen LogP contribution in [-0.2, 0) is 0 Å². The highest BCUT2D eigenvalue weighted by Crippen LogP contribution is 2.25. The summed E-state index contributed by atoms with van der Waals surface area (Å²) < 4.78 is 37.3. The second kappa shape index (κ2) is 5.21. The molecule has 4 nitrogen and oxygen atoms in total. The molecule has 1 aromatic rings. The summed E-state index contributed by atoms with van der Waals surface area (Å²) in [5.74, 6) is -0.0135. The Bertz CT molecular complexity index is 476. The maximum Gasteiger partial charge on any atom is 0.405 e. The quantitative estimate of drug-likeness (QED) is 0.835. The molecule has 1 aromatic heterocycles. The third kappa shape index (κ3) is 3.09. The lowest BCUT2D eigenvalue weighted by atomic mass is 10.1. The predicted octanol–water partition coefficient (Wildman–Crippen LogP) is 2.35. The first-order chi connectivity index (χ1) is 8.30. The predicted molar refractivity (Wildman–Crippen MR) is 60.2 cm³/mol. The van der Waals surface area contributed by atoms with Gasteiger partial charge in [-0.1, -0.05) is 0 Å². The standard InChI is InChI=1S/C11H13F3N4/c1-4-18(6-11(12,13)14)10-9(5-15)7(2)8(3)16-17-10/h4,6H2,1-3H3. The molecule has 0 spiro atoms. The minimum Gasteiger partial charge on any atom is -0.345 e. The highest BCUT2D eigenvalue weighted by Gasteiger charge is 2.32. The summed E-state index contributed by atoms with van der Waals surface area (Å²) in [5.41, 5.74) is 1.25. The molecule has 0 amide bonds. The van der Waals surface area contributed by atoms with Crippen LogP contribution in [0.2, 0.25) is 0 Å². The van der Waals surface area contributed by atoms with Crippen LogP contribution < -0.4 is 4.90 Å². The van der Waals surface area contributed by atoms with E-state index in [9.17, 15) is 13.2 Å². The van der Waals surface area contributed by atoms with Gasteiger partial charge in [0.1, 0.15) is 18.2 Å². The number of halogens is 3. The molecule has 98 valence electrons. The molecule has 1 rings (SSSR count). The fourth-order valence-electron chi connectivity index (χ4n) is 1.50. The molecule has 0 unspecified atom stereocenters. The summed E-state index contributed by atoms with van der Waals surface area (Å²) in [4.78, 5) is 0.998. The van der Waals surface area contributed by atoms with Crippen molar-refractivity contribution in [2.75, 3.05) is 18.0 Å². The van der Waals surface area contributed by atoms with Crippen LogP contribution in [0.4, 0.5) is 19.0 Å². The van der Waals surface area contributed by atoms with Gasteiger partial charge in [-0.05, 0) is 26.3 Å². The van der Waals surface area contributed by atoms with E-state index in [1.165, 1.54) is 0 Å². The normalized spacial score (nSPS) is 11.2. The van der Waals surface area contributed by atoms with E-state index in [2.05, 4.69) is 10.2 Å². The van der Waals surface area contributed by atoms with E-state index in [0.717, 1.165) is 4.90 Å². The first kappa shape index (κ1) is 14.2. The van der Waals surface area contributed by atoms with Gasteiger partial charge < -0.3 is 4.90 Å². The van der Waals surface area contributed by atoms with Crippen LogP contribution >= 0.6 is 0 Å². The molecule has 0 aliphatic rings. The van der Waals surface area contributed by atoms with Crippen molar-refractivity contribution in [3.05, 3.63) is 16.8 Å². The first-order valence-electron chi connectivity index (χ1n) is 5.35. The molecule has 0 aromatic carbocycles. The van der Waals surface area contributed by atoms with Crippen molar-refractivity contribution in [3.8, 4) is 6.07 Å². The van der Waals surface area contributed by atoms with Gasteiger partial charge in [0.2, 0.25) is 0 Å². The van der Waals surface area contributed by atoms with E-state index in [-0.39, 0.29) is 17.9 Å². The fraction of sp³-hybridized carbons (Fsp3) is 0.545. The highest BCUT2D eigenvalue weighted by atomic mass is 19.4. The van der Waals surface area contributed by atoms with Crippen LogP contribution in [0.5, 0.6) is 0 Å². The van der Waals surface area contributed by atoms with Gasteiger partial charge in [-0.3, -0.25) is 0 Å². The molecule has 7 heteroatoms. The topological polar surface area (TPSA) is 52.8 Å². The van der Waals surface area contributed by atoms with E-state index < -0.39 is 12.7 Å². The Labute approximate surface area is 103 Å². The van der Waals surface area contributed by atoms with E-state index in [1.54, 1.807) is 20.8 Å². The Morgan fingerprint density at radius 3 is 2.33 bits per heavy atom. The Hall–Kier alpha value is -1.84. The van der Waals surface area contributed by atoms with E-state index in [1.807, 2.05) is 6.07 Å². The number of aryl methyl sites for hydroxylation is 1. The van der Waals surface area contributed by atoms with Gasteiger partial charge in [0.25, 0.3) is 0 Å². The van der Waals surface area contributed by atoms with E-state index in [0.29, 0.717) is 11.3 Å². The average molecular weight is 258 g/mol. The van der Waals surface area contributed by atoms with E-state index in [4.69, 9.17) is 5.26 Å². The number of hydrogen-bond donors (Lipinski definition) is 0. The Kier molecular flexibility index (Phi) is 4.11. The summed E-state index contributed by atoms with van der Waals surface area (Å²) in [6, 6.07) is 1.89. The molecule has 18 heavy (non-hydrogen) atoms. The maximum absolute atomic E-state index is 12.4. The molecule has 0 N–H and O–H groups in total. The second-order valence-corrected chi connectivity index (χ2v) is 3.85. The van der Waals surface area contributed by atoms with Crippen molar-refractivity contribution < 1.29 is 13.2 Å². The molecule has 0 aliphatic heterocycles. The molecule has 0 saturated heterocycles. The second-order valence-electron chi connectivity index (χ2n) is 3.85. The molecule has 0 radical (unpaired) electrons. The number of hydrogen-bond acceptors (Lipinski definition) is 4. The van der Waals surface area contributed by atoms with Crippen molar-refractivity contribution in [2.45, 2.75) is 26.9 Å². The summed E-state index contributed by atoms with van der Waals surface area (Å²) in [6.45, 7) is 3.84. The molecule has 0 fully saturated rings. The molecule has 0 bridgehead atoms. The summed E-state index contributed by atoms with van der Waals surface area (Å²) >= 11 is 0. The third-order valence-electron chi connectivity index (χ3n) is 2.60. The van der Waals surface area contributed by atoms with Crippen LogP contribution in [0.1, 0.15) is 23.7 Å². The largest absolute Gasteiger partial charge is 0.405 e. The Balaban J connectivity index is 3.23. The van der Waals surface area contributed by atoms with Gasteiger partial charge in [-0.25, -0.2) is 0 Å². The molecule has 0 atom stereocenters. The van der Waals surface area contributed by atoms with Crippen LogP contribution in [0.3, 0.4) is 0 Å². The minimum atomic E-state index is -4.34. The molecular formula is C11H13F3N4. The van der Waals surface area contributed by atoms with Crippen LogP contribution in [-0.4, -0.2) is 29.5 Å². The van der Waals surface area contributed by atoms with Crippen molar-refractivity contribution >= 4 is 5.82 Å². The molecule has 0 aliphatic carbocycles. The number of alkyl halides is 3. The Morgan fingerprint density at radius 2 is 1.89 bits per heavy atom. The number of nitrogens with zero attached hydrogens (tertiary/aromatic N) is 4. The number of aromatic nitrogens is 2. The van der Waals surface area contributed by atoms with Gasteiger partial charge in [0.15, 0.2) is 5.82 Å². The van der Waals surface area contributed by atoms with Gasteiger partial charge in [0, 0.05) is 6.54 Å². The third-order valence-corrected chi connectivity index (χ3v) is 2.60. The fourth-order valence-corrected chi connectivity index (χ4v) is 1.50. The summed E-state index contributed by atoms with van der Waals surface area (Å²) in [5, 5.41) is 16.5. The van der Waals surface area contributed by atoms with E-state index >= 15 is 0 Å². The van der Waals surface area contributed by atoms with Crippen LogP contribution in [0, 0.1) is 25.2 Å². The number of anilines is 1. The maximum atomic E-state index is 12.4. The number of rotatable bonds is 3. The number of nitriles is 1. The first-order valence-corrected chi connectivity index (χ1v) is 5.35. The lowest BCUT2D eigenvalue weighted by Crippen LogP contribution is -2.35. The summed E-state index contributed by atoms with van der Waals surface area (Å²) in [6.07, 6.45) is -4.34. The van der Waals surface area contributed by atoms with Crippen LogP contribution in [0.25, 0.3) is 0 Å². The van der Waals surface area contributed by atoms with Crippen molar-refractivity contribution in [1.82, 2.24) is 10.2 Å². The summed E-state index contributed by atoms with van der Waals surface area (Å²) in [7, 11) is 0. The lowest BCUT2D eigenvalue weighted by Gasteiger charge is -2.24. The molecular weight excluding hydrogens is 245 g/mol. The van der Waals surface area contributed by atoms with Gasteiger partial charge in [-0.2, -0.15) is 23.5 Å². The van der Waals surface area contributed by atoms with Crippen molar-refractivity contribution in [3.63, 3.8) is 0 Å². The highest BCUT2D eigenvalue weighted by molar-refractivity contribution is 5.57. The zero-order valence-electron chi connectivity index (χ0n) is 10.3. The average Bonchev–Trinajstić information content (AvgIpc) is 2.28. The van der Waals surface area contributed by atoms with Gasteiger partial charge >= 0.3 is 6.18 Å². The van der Waals surface area contributed by atoms with Gasteiger partial charge in [-0.15, -0.1) is 5.10 Å².